The normalized spacial score (nSPS) is 10.8. The van der Waals surface area contributed by atoms with Crippen molar-refractivity contribution in [1.29, 1.82) is 0 Å². The number of hydrogen-bond acceptors (Lipinski definition) is 4. The first kappa shape index (κ1) is 11.5. The molecule has 0 spiro atoms. The Bertz CT molecular complexity index is 182. The summed E-state index contributed by atoms with van der Waals surface area (Å²) in [5.41, 5.74) is 0. The Labute approximate surface area is 84.8 Å². The molecular weight excluding hydrogens is 275 g/mol. The van der Waals surface area contributed by atoms with Crippen molar-refractivity contribution in [3.63, 3.8) is 0 Å². The third-order valence-corrected chi connectivity index (χ3v) is 1.99. The van der Waals surface area contributed by atoms with E-state index in [9.17, 15) is 4.79 Å². The molecule has 0 N–H and O–H groups in total. The first-order chi connectivity index (χ1) is 5.57. The van der Waals surface area contributed by atoms with Crippen molar-refractivity contribution < 1.29 is 14.4 Å². The van der Waals surface area contributed by atoms with Crippen molar-refractivity contribution in [3.8, 4) is 0 Å². The maximum atomic E-state index is 10.6. The van der Waals surface area contributed by atoms with Crippen LogP contribution in [0, 0.1) is 0 Å². The van der Waals surface area contributed by atoms with Crippen LogP contribution in [-0.2, 0) is 9.57 Å². The third kappa shape index (κ3) is 5.16. The lowest BCUT2D eigenvalue weighted by Gasteiger charge is -2.07. The van der Waals surface area contributed by atoms with E-state index >= 15 is 0 Å². The Morgan fingerprint density at radius 2 is 2.17 bits per heavy atom. The van der Waals surface area contributed by atoms with Gasteiger partial charge in [-0.3, -0.25) is 4.84 Å². The first-order valence-corrected chi connectivity index (χ1v) is 4.40. The molecular formula is C6H11IN2O3. The second-order valence-electron chi connectivity index (χ2n) is 2.03. The Balaban J connectivity index is 3.79. The molecule has 70 valence electrons. The number of oxime groups is 1. The van der Waals surface area contributed by atoms with Gasteiger partial charge in [0.05, 0.1) is 6.61 Å². The number of carbonyl (C=O) groups excluding carboxylic acids is 1. The summed E-state index contributed by atoms with van der Waals surface area (Å²) in [6.45, 7) is 1.98. The second-order valence-corrected chi connectivity index (χ2v) is 2.99. The van der Waals surface area contributed by atoms with Crippen LogP contribution in [0.5, 0.6) is 0 Å². The summed E-state index contributed by atoms with van der Waals surface area (Å²) in [4.78, 5) is 16.7. The van der Waals surface area contributed by atoms with Gasteiger partial charge in [-0.1, -0.05) is 0 Å². The molecule has 0 aliphatic carbocycles. The van der Waals surface area contributed by atoms with Gasteiger partial charge in [0.25, 0.3) is 0 Å². The van der Waals surface area contributed by atoms with E-state index in [2.05, 4.69) is 14.7 Å². The summed E-state index contributed by atoms with van der Waals surface area (Å²) < 4.78 is 5.05. The van der Waals surface area contributed by atoms with Crippen molar-refractivity contribution in [1.82, 2.24) is 4.90 Å². The monoisotopic (exact) mass is 286 g/mol. The molecule has 0 bridgehead atoms. The van der Waals surface area contributed by atoms with Crippen LogP contribution in [0.1, 0.15) is 6.92 Å². The Morgan fingerprint density at radius 3 is 2.58 bits per heavy atom. The highest BCUT2D eigenvalue weighted by Gasteiger charge is 2.02. The predicted octanol–water partition coefficient (Wildman–Crippen LogP) is 1.43. The van der Waals surface area contributed by atoms with Gasteiger partial charge in [0.1, 0.15) is 0 Å². The van der Waals surface area contributed by atoms with E-state index in [0.29, 0.717) is 3.84 Å². The molecule has 0 heterocycles. The van der Waals surface area contributed by atoms with Gasteiger partial charge in [-0.05, 0) is 12.1 Å². The van der Waals surface area contributed by atoms with E-state index < -0.39 is 6.16 Å². The molecule has 0 radical (unpaired) electrons. The number of amidine groups is 1. The molecule has 0 saturated heterocycles. The van der Waals surface area contributed by atoms with E-state index in [4.69, 9.17) is 0 Å². The second kappa shape index (κ2) is 6.04. The largest absolute Gasteiger partial charge is 0.535 e. The molecule has 5 nitrogen and oxygen atoms in total. The Hall–Kier alpha value is -0.530. The minimum absolute atomic E-state index is 0.285. The first-order valence-electron chi connectivity index (χ1n) is 3.32. The van der Waals surface area contributed by atoms with E-state index in [0.717, 1.165) is 0 Å². The number of halogens is 1. The number of rotatable bonds is 2. The van der Waals surface area contributed by atoms with Gasteiger partial charge in [-0.15, -0.1) is 0 Å². The summed E-state index contributed by atoms with van der Waals surface area (Å²) in [7, 11) is 3.58. The predicted molar refractivity (Wildman–Crippen MR) is 53.2 cm³/mol. The van der Waals surface area contributed by atoms with Crippen LogP contribution >= 0.6 is 22.6 Å². The fourth-order valence-electron chi connectivity index (χ4n) is 0.301. The Kier molecular flexibility index (Phi) is 5.77. The molecule has 0 aliphatic heterocycles. The van der Waals surface area contributed by atoms with Crippen molar-refractivity contribution >= 4 is 32.6 Å². The molecule has 0 aromatic carbocycles. The van der Waals surface area contributed by atoms with Crippen LogP contribution < -0.4 is 0 Å². The lowest BCUT2D eigenvalue weighted by Crippen LogP contribution is -2.16. The Morgan fingerprint density at radius 1 is 1.58 bits per heavy atom. The van der Waals surface area contributed by atoms with Gasteiger partial charge in [0.15, 0.2) is 0 Å². The molecule has 12 heavy (non-hydrogen) atoms. The summed E-state index contributed by atoms with van der Waals surface area (Å²) in [5, 5.41) is 3.50. The highest BCUT2D eigenvalue weighted by Crippen LogP contribution is 1.96. The molecule has 0 rings (SSSR count). The van der Waals surface area contributed by atoms with Gasteiger partial charge >= 0.3 is 6.16 Å². The zero-order chi connectivity index (χ0) is 9.56. The highest BCUT2D eigenvalue weighted by molar-refractivity contribution is 14.1. The molecule has 0 fully saturated rings. The minimum Gasteiger partial charge on any atom is -0.433 e. The SMILES string of the molecule is CCOC(=O)O/N=C(/I)N(C)C. The van der Waals surface area contributed by atoms with E-state index in [1.165, 1.54) is 0 Å². The lowest BCUT2D eigenvalue weighted by molar-refractivity contribution is 0.0609. The maximum absolute atomic E-state index is 10.6. The molecule has 0 aromatic heterocycles. The van der Waals surface area contributed by atoms with Crippen molar-refractivity contribution in [2.75, 3.05) is 20.7 Å². The molecule has 0 atom stereocenters. The smallest absolute Gasteiger partial charge is 0.433 e. The van der Waals surface area contributed by atoms with Gasteiger partial charge in [-0.25, -0.2) is 4.79 Å². The summed E-state index contributed by atoms with van der Waals surface area (Å²) in [6, 6.07) is 0. The van der Waals surface area contributed by atoms with Crippen LogP contribution in [-0.4, -0.2) is 35.6 Å². The van der Waals surface area contributed by atoms with Crippen LogP contribution in [0.25, 0.3) is 0 Å². The van der Waals surface area contributed by atoms with Crippen LogP contribution in [0.15, 0.2) is 5.16 Å². The third-order valence-electron chi connectivity index (χ3n) is 0.827. The number of nitrogens with zero attached hydrogens (tertiary/aromatic N) is 2. The van der Waals surface area contributed by atoms with Crippen LogP contribution in [0.3, 0.4) is 0 Å². The van der Waals surface area contributed by atoms with E-state index in [-0.39, 0.29) is 6.61 Å². The molecule has 0 saturated carbocycles. The van der Waals surface area contributed by atoms with Crippen molar-refractivity contribution in [2.24, 2.45) is 5.16 Å². The van der Waals surface area contributed by atoms with Crippen LogP contribution in [0.2, 0.25) is 0 Å². The summed E-state index contributed by atoms with van der Waals surface area (Å²) >= 11 is 1.94. The highest BCUT2D eigenvalue weighted by atomic mass is 127. The fraction of sp³-hybridized carbons (Fsp3) is 0.667. The van der Waals surface area contributed by atoms with Crippen molar-refractivity contribution in [3.05, 3.63) is 0 Å². The lowest BCUT2D eigenvalue weighted by atomic mass is 10.9. The van der Waals surface area contributed by atoms with Crippen molar-refractivity contribution in [2.45, 2.75) is 6.92 Å². The molecule has 0 aliphatic rings. The average molecular weight is 286 g/mol. The van der Waals surface area contributed by atoms with Gasteiger partial charge in [0.2, 0.25) is 3.84 Å². The standard InChI is InChI=1S/C6H11IN2O3/c1-4-11-6(10)12-8-5(7)9(2)3/h4H2,1-3H3/b8-5-. The number of carbonyl (C=O) groups is 1. The van der Waals surface area contributed by atoms with Crippen LogP contribution in [0.4, 0.5) is 4.79 Å². The summed E-state index contributed by atoms with van der Waals surface area (Å²) in [5.74, 6) is 0. The topological polar surface area (TPSA) is 51.1 Å². The summed E-state index contributed by atoms with van der Waals surface area (Å²) in [6.07, 6.45) is -0.784. The minimum atomic E-state index is -0.784. The fourth-order valence-corrected chi connectivity index (χ4v) is 0.399. The quantitative estimate of drug-likeness (QED) is 0.146. The van der Waals surface area contributed by atoms with E-state index in [1.807, 2.05) is 22.6 Å². The maximum Gasteiger partial charge on any atom is 0.535 e. The molecule has 0 amide bonds. The molecule has 6 heteroatoms. The van der Waals surface area contributed by atoms with Gasteiger partial charge in [0, 0.05) is 36.7 Å². The molecule has 0 unspecified atom stereocenters. The average Bonchev–Trinajstić information content (AvgIpc) is 2.00. The van der Waals surface area contributed by atoms with Gasteiger partial charge in [-0.2, -0.15) is 0 Å². The zero-order valence-corrected chi connectivity index (χ0v) is 9.36. The van der Waals surface area contributed by atoms with E-state index in [1.54, 1.807) is 25.9 Å². The number of hydrogen-bond donors (Lipinski definition) is 0. The van der Waals surface area contributed by atoms with Gasteiger partial charge < -0.3 is 9.64 Å². The zero-order valence-electron chi connectivity index (χ0n) is 7.20. The number of ether oxygens (including phenoxy) is 1. The molecule has 0 aromatic rings.